The van der Waals surface area contributed by atoms with Crippen LogP contribution in [0.25, 0.3) is 0 Å². The molecule has 1 aromatic rings. The third-order valence-corrected chi connectivity index (χ3v) is 3.14. The van der Waals surface area contributed by atoms with Gasteiger partial charge in [-0.15, -0.1) is 0 Å². The minimum Gasteiger partial charge on any atom is -0.465 e. The molecule has 1 aliphatic rings. The van der Waals surface area contributed by atoms with Crippen LogP contribution in [0.15, 0.2) is 18.3 Å². The van der Waals surface area contributed by atoms with E-state index in [-0.39, 0.29) is 18.1 Å². The average molecular weight is 250 g/mol. The lowest BCUT2D eigenvalue weighted by Crippen LogP contribution is -2.17. The van der Waals surface area contributed by atoms with Crippen molar-refractivity contribution >= 4 is 5.97 Å². The van der Waals surface area contributed by atoms with Crippen molar-refractivity contribution in [2.24, 2.45) is 5.73 Å². The van der Waals surface area contributed by atoms with Crippen LogP contribution in [0.5, 0.6) is 0 Å². The van der Waals surface area contributed by atoms with Crippen LogP contribution in [0.1, 0.15) is 35.3 Å². The zero-order valence-corrected chi connectivity index (χ0v) is 10.5. The zero-order valence-electron chi connectivity index (χ0n) is 10.5. The molecule has 0 radical (unpaired) electrons. The van der Waals surface area contributed by atoms with Crippen LogP contribution in [0.4, 0.5) is 0 Å². The Hall–Kier alpha value is -1.46. The summed E-state index contributed by atoms with van der Waals surface area (Å²) < 4.78 is 10.3. The maximum Gasteiger partial charge on any atom is 0.339 e. The number of pyridine rings is 1. The Morgan fingerprint density at radius 1 is 1.50 bits per heavy atom. The van der Waals surface area contributed by atoms with E-state index in [4.69, 9.17) is 10.5 Å². The predicted octanol–water partition coefficient (Wildman–Crippen LogP) is 1.26. The molecule has 0 aromatic carbocycles. The second-order valence-electron chi connectivity index (χ2n) is 4.54. The maximum absolute atomic E-state index is 11.2. The number of esters is 1. The first-order valence-electron chi connectivity index (χ1n) is 6.09. The predicted molar refractivity (Wildman–Crippen MR) is 66.0 cm³/mol. The highest BCUT2D eigenvalue weighted by Crippen LogP contribution is 2.21. The molecule has 0 bridgehead atoms. The monoisotopic (exact) mass is 250 g/mol. The molecule has 5 nitrogen and oxygen atoms in total. The lowest BCUT2D eigenvalue weighted by atomic mass is 10.2. The molecule has 18 heavy (non-hydrogen) atoms. The Morgan fingerprint density at radius 2 is 2.33 bits per heavy atom. The highest BCUT2D eigenvalue weighted by atomic mass is 16.5. The van der Waals surface area contributed by atoms with Crippen molar-refractivity contribution in [2.45, 2.75) is 38.0 Å². The van der Waals surface area contributed by atoms with Crippen molar-refractivity contribution in [2.75, 3.05) is 7.11 Å². The smallest absolute Gasteiger partial charge is 0.339 e. The number of nitrogens with two attached hydrogens (primary N) is 1. The van der Waals surface area contributed by atoms with Crippen LogP contribution in [0.2, 0.25) is 0 Å². The lowest BCUT2D eigenvalue weighted by molar-refractivity contribution is 0.0428. The summed E-state index contributed by atoms with van der Waals surface area (Å²) in [6, 6.07) is 3.74. The molecule has 1 fully saturated rings. The molecule has 0 spiro atoms. The van der Waals surface area contributed by atoms with Crippen molar-refractivity contribution in [1.29, 1.82) is 0 Å². The van der Waals surface area contributed by atoms with Gasteiger partial charge in [0.1, 0.15) is 0 Å². The fourth-order valence-electron chi connectivity index (χ4n) is 2.08. The van der Waals surface area contributed by atoms with Crippen LogP contribution in [0.3, 0.4) is 0 Å². The lowest BCUT2D eigenvalue weighted by Gasteiger charge is -2.11. The fraction of sp³-hybridized carbons (Fsp3) is 0.538. The van der Waals surface area contributed by atoms with E-state index < -0.39 is 0 Å². The second kappa shape index (κ2) is 5.93. The molecule has 1 heterocycles. The molecule has 1 aromatic heterocycles. The van der Waals surface area contributed by atoms with Crippen molar-refractivity contribution in [1.82, 2.24) is 4.98 Å². The second-order valence-corrected chi connectivity index (χ2v) is 4.54. The molecule has 98 valence electrons. The first-order valence-corrected chi connectivity index (χ1v) is 6.09. The van der Waals surface area contributed by atoms with Gasteiger partial charge in [-0.05, 0) is 31.4 Å². The molecule has 1 aliphatic carbocycles. The Bertz CT molecular complexity index is 405. The summed E-state index contributed by atoms with van der Waals surface area (Å²) in [5.74, 6) is -0.378. The summed E-state index contributed by atoms with van der Waals surface area (Å²) >= 11 is 0. The zero-order chi connectivity index (χ0) is 13.0. The van der Waals surface area contributed by atoms with Crippen LogP contribution in [0, 0.1) is 0 Å². The Kier molecular flexibility index (Phi) is 4.28. The molecular formula is C13H18N2O3. The van der Waals surface area contributed by atoms with Crippen LogP contribution in [-0.2, 0) is 16.1 Å². The molecule has 2 atom stereocenters. The van der Waals surface area contributed by atoms with Gasteiger partial charge in [0, 0.05) is 12.2 Å². The van der Waals surface area contributed by atoms with E-state index in [9.17, 15) is 4.79 Å². The molecule has 2 N–H and O–H groups in total. The minimum atomic E-state index is -0.378. The largest absolute Gasteiger partial charge is 0.465 e. The summed E-state index contributed by atoms with van der Waals surface area (Å²) in [5, 5.41) is 0. The summed E-state index contributed by atoms with van der Waals surface area (Å²) in [4.78, 5) is 15.4. The third-order valence-electron chi connectivity index (χ3n) is 3.14. The molecular weight excluding hydrogens is 232 g/mol. The number of methoxy groups -OCH3 is 1. The van der Waals surface area contributed by atoms with Crippen LogP contribution < -0.4 is 5.73 Å². The Balaban J connectivity index is 1.85. The highest BCUT2D eigenvalue weighted by molar-refractivity contribution is 5.88. The molecule has 5 heteroatoms. The van der Waals surface area contributed by atoms with Gasteiger partial charge in [-0.1, -0.05) is 0 Å². The van der Waals surface area contributed by atoms with E-state index in [1.807, 2.05) is 0 Å². The first-order chi connectivity index (χ1) is 8.69. The van der Waals surface area contributed by atoms with Gasteiger partial charge in [0.2, 0.25) is 0 Å². The standard InChI is InChI=1S/C13H18N2O3/c1-17-13(16)9-2-4-11(15-7-9)8-18-12-5-3-10(14)6-12/h2,4,7,10,12H,3,5-6,8,14H2,1H3. The van der Waals surface area contributed by atoms with E-state index in [1.165, 1.54) is 13.3 Å². The number of nitrogens with zero attached hydrogens (tertiary/aromatic N) is 1. The number of carbonyl (C=O) groups excluding carboxylic acids is 1. The van der Waals surface area contributed by atoms with Gasteiger partial charge >= 0.3 is 5.97 Å². The van der Waals surface area contributed by atoms with Gasteiger partial charge < -0.3 is 15.2 Å². The molecule has 0 amide bonds. The van der Waals surface area contributed by atoms with Crippen molar-refractivity contribution in [3.05, 3.63) is 29.6 Å². The Labute approximate surface area is 106 Å². The van der Waals surface area contributed by atoms with Gasteiger partial charge in [0.05, 0.1) is 31.1 Å². The minimum absolute atomic E-state index is 0.238. The summed E-state index contributed by atoms with van der Waals surface area (Å²) in [7, 11) is 1.35. The van der Waals surface area contributed by atoms with E-state index >= 15 is 0 Å². The van der Waals surface area contributed by atoms with E-state index in [2.05, 4.69) is 9.72 Å². The van der Waals surface area contributed by atoms with Gasteiger partial charge in [-0.3, -0.25) is 4.98 Å². The number of ether oxygens (including phenoxy) is 2. The molecule has 2 rings (SSSR count). The van der Waals surface area contributed by atoms with Crippen LogP contribution >= 0.6 is 0 Å². The number of rotatable bonds is 4. The quantitative estimate of drug-likeness (QED) is 0.814. The average Bonchev–Trinajstić information content (AvgIpc) is 2.82. The summed E-state index contributed by atoms with van der Waals surface area (Å²) in [6.45, 7) is 0.457. The highest BCUT2D eigenvalue weighted by Gasteiger charge is 2.22. The number of carbonyl (C=O) groups is 1. The first kappa shape index (κ1) is 13.0. The SMILES string of the molecule is COC(=O)c1ccc(COC2CCC(N)C2)nc1. The maximum atomic E-state index is 11.2. The number of aromatic nitrogens is 1. The fourth-order valence-corrected chi connectivity index (χ4v) is 2.08. The van der Waals surface area contributed by atoms with E-state index in [0.29, 0.717) is 12.2 Å². The topological polar surface area (TPSA) is 74.4 Å². The van der Waals surface area contributed by atoms with Gasteiger partial charge in [-0.25, -0.2) is 4.79 Å². The molecule has 1 saturated carbocycles. The van der Waals surface area contributed by atoms with Crippen LogP contribution in [-0.4, -0.2) is 30.2 Å². The normalized spacial score (nSPS) is 23.0. The summed E-state index contributed by atoms with van der Waals surface area (Å²) in [5.41, 5.74) is 7.07. The third kappa shape index (κ3) is 3.27. The molecule has 2 unspecified atom stereocenters. The van der Waals surface area contributed by atoms with Crippen molar-refractivity contribution < 1.29 is 14.3 Å². The number of hydrogen-bond acceptors (Lipinski definition) is 5. The van der Waals surface area contributed by atoms with E-state index in [0.717, 1.165) is 25.0 Å². The van der Waals surface area contributed by atoms with Gasteiger partial charge in [0.15, 0.2) is 0 Å². The van der Waals surface area contributed by atoms with Gasteiger partial charge in [0.25, 0.3) is 0 Å². The van der Waals surface area contributed by atoms with Crippen molar-refractivity contribution in [3.8, 4) is 0 Å². The van der Waals surface area contributed by atoms with Crippen molar-refractivity contribution in [3.63, 3.8) is 0 Å². The van der Waals surface area contributed by atoms with E-state index in [1.54, 1.807) is 12.1 Å². The van der Waals surface area contributed by atoms with Gasteiger partial charge in [-0.2, -0.15) is 0 Å². The molecule has 0 aliphatic heterocycles. The molecule has 0 saturated heterocycles. The number of hydrogen-bond donors (Lipinski definition) is 1. The summed E-state index contributed by atoms with van der Waals surface area (Å²) in [6.07, 6.45) is 4.70. The Morgan fingerprint density at radius 3 is 2.89 bits per heavy atom.